The highest BCUT2D eigenvalue weighted by Crippen LogP contribution is 2.64. The molecule has 0 radical (unpaired) electrons. The van der Waals surface area contributed by atoms with Crippen molar-refractivity contribution < 1.29 is 108 Å². The topological polar surface area (TPSA) is 115 Å². The van der Waals surface area contributed by atoms with Crippen molar-refractivity contribution in [2.45, 2.75) is 118 Å². The Balaban J connectivity index is 2.26. The zero-order valence-electron chi connectivity index (χ0n) is 34.6. The summed E-state index contributed by atoms with van der Waals surface area (Å²) >= 11 is 0. The fraction of sp³-hybridized carbons (Fsp3) is 0.579. The Morgan fingerprint density at radius 3 is 1.62 bits per heavy atom. The number of hydrogen-bond donors (Lipinski definition) is 3. The molecule has 1 atom stereocenters. The van der Waals surface area contributed by atoms with Crippen molar-refractivity contribution in [3.05, 3.63) is 66.2 Å². The highest BCUT2D eigenvalue weighted by atomic mass is 28.4. The van der Waals surface area contributed by atoms with E-state index in [1.54, 1.807) is 12.1 Å². The van der Waals surface area contributed by atoms with Crippen LogP contribution < -0.4 is 20.3 Å². The Morgan fingerprint density at radius 2 is 1.15 bits per heavy atom. The molecule has 0 aliphatic rings. The number of methoxy groups -OCH3 is 1. The second-order valence-electron chi connectivity index (χ2n) is 14.9. The molecule has 2 amide bonds. The van der Waals surface area contributed by atoms with Crippen molar-refractivity contribution in [3.8, 4) is 11.5 Å². The first-order chi connectivity index (χ1) is 29.5. The smallest absolute Gasteiger partial charge is 0.460 e. The molecule has 0 saturated carbocycles. The fourth-order valence-electron chi connectivity index (χ4n) is 6.24. The third-order valence-electron chi connectivity index (χ3n) is 10.1. The van der Waals surface area contributed by atoms with Gasteiger partial charge in [-0.3, -0.25) is 15.3 Å². The van der Waals surface area contributed by atoms with E-state index in [2.05, 4.69) is 5.32 Å². The van der Waals surface area contributed by atoms with E-state index in [4.69, 9.17) is 23.8 Å². The second-order valence-corrected chi connectivity index (χ2v) is 19.9. The van der Waals surface area contributed by atoms with Crippen molar-refractivity contribution in [2.24, 2.45) is 0 Å². The molecule has 2 aromatic carbocycles. The SMILES string of the molecule is COc1ccc(NC(=O)O[C@@H](CC/C=C/C(=O)NO)c2ccc(OCCO[Si](CCC(F)(F)C(F)(F)C(F)(F)C(F)(F)C(F)(F)C(F)(F)C(F)(F)C(F)(F)F)(C(C)C)C(C)C)cc2)cc1. The Kier molecular flexibility index (Phi) is 18.3. The number of hydrogen-bond acceptors (Lipinski definition) is 7. The van der Waals surface area contributed by atoms with Gasteiger partial charge in [-0.2, -0.15) is 74.6 Å². The number of halogens is 17. The van der Waals surface area contributed by atoms with Crippen molar-refractivity contribution in [2.75, 3.05) is 25.6 Å². The van der Waals surface area contributed by atoms with Crippen LogP contribution in [0.3, 0.4) is 0 Å². The maximum absolute atomic E-state index is 15.0. The molecule has 370 valence electrons. The Bertz CT molecular complexity index is 1890. The summed E-state index contributed by atoms with van der Waals surface area (Å²) in [5, 5.41) is 11.2. The molecular formula is C38H43F17N2O7Si. The van der Waals surface area contributed by atoms with Gasteiger partial charge in [0.05, 0.1) is 13.7 Å². The van der Waals surface area contributed by atoms with Crippen LogP contribution in [-0.2, 0) is 14.0 Å². The highest BCUT2D eigenvalue weighted by molar-refractivity contribution is 6.76. The number of benzene rings is 2. The van der Waals surface area contributed by atoms with Gasteiger partial charge in [0.25, 0.3) is 5.91 Å². The molecule has 0 heterocycles. The van der Waals surface area contributed by atoms with E-state index in [0.29, 0.717) is 17.0 Å². The van der Waals surface area contributed by atoms with Crippen LogP contribution in [0.1, 0.15) is 58.6 Å². The van der Waals surface area contributed by atoms with E-state index < -0.39 is 111 Å². The number of carbonyl (C=O) groups excluding carboxylic acids is 2. The van der Waals surface area contributed by atoms with Crippen LogP contribution in [0, 0.1) is 0 Å². The van der Waals surface area contributed by atoms with Crippen LogP contribution in [0.4, 0.5) is 85.1 Å². The van der Waals surface area contributed by atoms with E-state index in [-0.39, 0.29) is 18.6 Å². The van der Waals surface area contributed by atoms with Crippen molar-refractivity contribution in [1.82, 2.24) is 5.48 Å². The molecular weight excluding hydrogens is 947 g/mol. The monoisotopic (exact) mass is 990 g/mol. The summed E-state index contributed by atoms with van der Waals surface area (Å²) in [6, 6.07) is 10.5. The molecule has 2 rings (SSSR count). The summed E-state index contributed by atoms with van der Waals surface area (Å²) in [4.78, 5) is 24.1. The Morgan fingerprint density at radius 1 is 0.677 bits per heavy atom. The van der Waals surface area contributed by atoms with E-state index in [1.807, 2.05) is 0 Å². The minimum atomic E-state index is -8.70. The zero-order valence-corrected chi connectivity index (χ0v) is 35.6. The number of rotatable bonds is 24. The average molecular weight is 991 g/mol. The van der Waals surface area contributed by atoms with Gasteiger partial charge in [0.1, 0.15) is 24.2 Å². The highest BCUT2D eigenvalue weighted by Gasteiger charge is 2.95. The molecule has 0 bridgehead atoms. The van der Waals surface area contributed by atoms with Crippen LogP contribution in [0.15, 0.2) is 60.7 Å². The van der Waals surface area contributed by atoms with Gasteiger partial charge in [0.15, 0.2) is 8.32 Å². The van der Waals surface area contributed by atoms with E-state index in [9.17, 15) is 84.2 Å². The van der Waals surface area contributed by atoms with E-state index >= 15 is 0 Å². The van der Waals surface area contributed by atoms with Gasteiger partial charge in [-0.15, -0.1) is 0 Å². The lowest BCUT2D eigenvalue weighted by molar-refractivity contribution is -0.461. The number of nitrogens with one attached hydrogen (secondary N) is 2. The number of amides is 2. The van der Waals surface area contributed by atoms with Gasteiger partial charge >= 0.3 is 53.7 Å². The molecule has 2 aromatic rings. The maximum atomic E-state index is 15.0. The summed E-state index contributed by atoms with van der Waals surface area (Å²) in [7, 11) is -2.58. The number of alkyl halides is 17. The fourth-order valence-corrected chi connectivity index (χ4v) is 10.7. The molecule has 0 unspecified atom stereocenters. The van der Waals surface area contributed by atoms with Gasteiger partial charge in [-0.25, -0.2) is 10.3 Å². The molecule has 65 heavy (non-hydrogen) atoms. The van der Waals surface area contributed by atoms with Gasteiger partial charge in [-0.1, -0.05) is 45.9 Å². The van der Waals surface area contributed by atoms with Crippen LogP contribution in [0.25, 0.3) is 0 Å². The van der Waals surface area contributed by atoms with Crippen molar-refractivity contribution in [3.63, 3.8) is 0 Å². The molecule has 0 fully saturated rings. The van der Waals surface area contributed by atoms with Crippen LogP contribution in [-0.4, -0.2) is 93.5 Å². The number of allylic oxidation sites excluding steroid dienone is 1. The predicted molar refractivity (Wildman–Crippen MR) is 198 cm³/mol. The third-order valence-corrected chi connectivity index (χ3v) is 15.8. The quantitative estimate of drug-likeness (QED) is 0.0240. The van der Waals surface area contributed by atoms with Gasteiger partial charge in [0.2, 0.25) is 0 Å². The lowest BCUT2D eigenvalue weighted by atomic mass is 9.88. The lowest BCUT2D eigenvalue weighted by Gasteiger charge is -2.44. The normalized spacial score (nSPS) is 14.5. The molecule has 0 aromatic heterocycles. The summed E-state index contributed by atoms with van der Waals surface area (Å²) < 4.78 is 258. The first-order valence-electron chi connectivity index (χ1n) is 18.8. The molecule has 27 heteroatoms. The van der Waals surface area contributed by atoms with Crippen molar-refractivity contribution >= 4 is 26.0 Å². The molecule has 0 saturated heterocycles. The van der Waals surface area contributed by atoms with Gasteiger partial charge < -0.3 is 18.6 Å². The van der Waals surface area contributed by atoms with Crippen LogP contribution in [0.5, 0.6) is 11.5 Å². The third kappa shape index (κ3) is 11.9. The standard InChI is InChI=1S/C38H43F17N2O7Si/c1-22(2)65(23(3)4,21-18-31(39,40)32(41,42)33(43,44)34(45,46)35(47,48)36(49,50)37(51,52)38(53,54)55)63-20-19-62-27-14-10-24(11-15-27)28(8-6-7-9-29(58)57-60)64-30(59)56-25-12-16-26(61-5)17-13-25/h7,9-17,22-23,28,60H,6,8,18-21H2,1-5H3,(H,56,59)(H,57,58)/b9-7+/t28-/m0/s1. The minimum Gasteiger partial charge on any atom is -0.497 e. The lowest BCUT2D eigenvalue weighted by Crippen LogP contribution is -2.74. The first kappa shape index (κ1) is 56.6. The first-order valence-corrected chi connectivity index (χ1v) is 21.1. The summed E-state index contributed by atoms with van der Waals surface area (Å²) in [6.07, 6.45) is -9.61. The molecule has 0 aliphatic heterocycles. The number of ether oxygens (including phenoxy) is 3. The molecule has 3 N–H and O–H groups in total. The van der Waals surface area contributed by atoms with Crippen LogP contribution in [0.2, 0.25) is 17.1 Å². The molecule has 0 spiro atoms. The Hall–Kier alpha value is -4.53. The largest absolute Gasteiger partial charge is 0.497 e. The van der Waals surface area contributed by atoms with E-state index in [1.165, 1.54) is 82.8 Å². The molecule has 0 aliphatic carbocycles. The number of hydroxylamine groups is 1. The maximum Gasteiger partial charge on any atom is 0.460 e. The summed E-state index contributed by atoms with van der Waals surface area (Å²) in [5.74, 6) is -57.1. The number of carbonyl (C=O) groups is 2. The van der Waals surface area contributed by atoms with Crippen LogP contribution >= 0.6 is 0 Å². The molecule has 9 nitrogen and oxygen atoms in total. The second kappa shape index (κ2) is 21.0. The Labute approximate surface area is 360 Å². The summed E-state index contributed by atoms with van der Waals surface area (Å²) in [5.41, 5.74) is 0.343. The van der Waals surface area contributed by atoms with Gasteiger partial charge in [0, 0.05) is 18.2 Å². The zero-order chi connectivity index (χ0) is 50.3. The number of anilines is 1. The minimum absolute atomic E-state index is 0.101. The van der Waals surface area contributed by atoms with E-state index in [0.717, 1.165) is 6.08 Å². The average Bonchev–Trinajstić information content (AvgIpc) is 3.20. The van der Waals surface area contributed by atoms with Gasteiger partial charge in [-0.05, 0) is 71.9 Å². The predicted octanol–water partition coefficient (Wildman–Crippen LogP) is 12.4. The summed E-state index contributed by atoms with van der Waals surface area (Å²) in [6.45, 7) is 4.25. The van der Waals surface area contributed by atoms with Crippen molar-refractivity contribution in [1.29, 1.82) is 0 Å².